The molecule has 2 rings (SSSR count). The van der Waals surface area contributed by atoms with Gasteiger partial charge in [0, 0.05) is 24.7 Å². The van der Waals surface area contributed by atoms with Gasteiger partial charge in [0.15, 0.2) is 0 Å². The smallest absolute Gasteiger partial charge is 0.393 e. The van der Waals surface area contributed by atoms with Crippen LogP contribution in [0.3, 0.4) is 0 Å². The number of halogens is 3. The Morgan fingerprint density at radius 2 is 2.19 bits per heavy atom. The summed E-state index contributed by atoms with van der Waals surface area (Å²) in [6.45, 7) is 6.06. The van der Waals surface area contributed by atoms with Gasteiger partial charge in [-0.3, -0.25) is 4.90 Å². The van der Waals surface area contributed by atoms with Crippen molar-refractivity contribution < 1.29 is 17.6 Å². The molecule has 0 bridgehead atoms. The molecule has 1 saturated heterocycles. The number of hydrogen-bond acceptors (Lipinski definition) is 3. The number of piperidine rings is 1. The maximum absolute atomic E-state index is 12.8. The van der Waals surface area contributed by atoms with Crippen LogP contribution in [0.25, 0.3) is 0 Å². The minimum absolute atomic E-state index is 0.0732. The second-order valence-corrected chi connectivity index (χ2v) is 6.07. The zero-order valence-electron chi connectivity index (χ0n) is 12.5. The molecule has 0 aromatic carbocycles. The van der Waals surface area contributed by atoms with Crippen LogP contribution in [0.1, 0.15) is 38.0 Å². The Morgan fingerprint density at radius 3 is 2.86 bits per heavy atom. The van der Waals surface area contributed by atoms with Crippen LogP contribution in [-0.2, 0) is 13.1 Å². The van der Waals surface area contributed by atoms with Crippen molar-refractivity contribution in [3.05, 3.63) is 23.7 Å². The number of nitrogens with zero attached hydrogens (tertiary/aromatic N) is 1. The molecule has 1 aromatic heterocycles. The Labute approximate surface area is 123 Å². The molecule has 1 N–H and O–H groups in total. The molecule has 0 spiro atoms. The molecule has 0 saturated carbocycles. The van der Waals surface area contributed by atoms with Crippen LogP contribution < -0.4 is 5.32 Å². The summed E-state index contributed by atoms with van der Waals surface area (Å²) in [7, 11) is 0. The van der Waals surface area contributed by atoms with Crippen LogP contribution in [0.4, 0.5) is 13.2 Å². The molecule has 0 aliphatic carbocycles. The second kappa shape index (κ2) is 6.83. The van der Waals surface area contributed by atoms with Crippen molar-refractivity contribution in [2.24, 2.45) is 5.92 Å². The van der Waals surface area contributed by atoms with E-state index in [9.17, 15) is 13.2 Å². The summed E-state index contributed by atoms with van der Waals surface area (Å²) < 4.78 is 43.8. The molecule has 6 heteroatoms. The van der Waals surface area contributed by atoms with E-state index >= 15 is 0 Å². The fourth-order valence-electron chi connectivity index (χ4n) is 2.61. The zero-order chi connectivity index (χ0) is 15.5. The van der Waals surface area contributed by atoms with Gasteiger partial charge in [-0.05, 0) is 25.5 Å². The molecule has 3 nitrogen and oxygen atoms in total. The van der Waals surface area contributed by atoms with Crippen LogP contribution in [0, 0.1) is 5.92 Å². The molecular formula is C15H23F3N2O. The summed E-state index contributed by atoms with van der Waals surface area (Å²) in [6, 6.07) is 2.31. The lowest BCUT2D eigenvalue weighted by Crippen LogP contribution is -2.41. The Kier molecular flexibility index (Phi) is 5.32. The molecule has 1 aliphatic heterocycles. The van der Waals surface area contributed by atoms with E-state index in [-0.39, 0.29) is 13.0 Å². The van der Waals surface area contributed by atoms with E-state index in [1.807, 2.05) is 11.0 Å². The van der Waals surface area contributed by atoms with Crippen molar-refractivity contribution in [1.29, 1.82) is 0 Å². The van der Waals surface area contributed by atoms with Gasteiger partial charge < -0.3 is 9.73 Å². The van der Waals surface area contributed by atoms with Gasteiger partial charge in [0.2, 0.25) is 0 Å². The van der Waals surface area contributed by atoms with E-state index in [1.165, 1.54) is 0 Å². The Balaban J connectivity index is 1.86. The first-order valence-corrected chi connectivity index (χ1v) is 7.43. The molecule has 1 aliphatic rings. The first kappa shape index (κ1) is 16.4. The highest BCUT2D eigenvalue weighted by Gasteiger charge is 2.41. The van der Waals surface area contributed by atoms with E-state index in [1.54, 1.807) is 6.26 Å². The average Bonchev–Trinajstić information content (AvgIpc) is 2.83. The van der Waals surface area contributed by atoms with Crippen LogP contribution >= 0.6 is 0 Å². The molecule has 0 amide bonds. The summed E-state index contributed by atoms with van der Waals surface area (Å²) in [6.07, 6.45) is -1.58. The van der Waals surface area contributed by atoms with E-state index in [0.29, 0.717) is 32.1 Å². The normalized spacial score (nSPS) is 21.1. The Morgan fingerprint density at radius 1 is 1.43 bits per heavy atom. The summed E-state index contributed by atoms with van der Waals surface area (Å²) in [4.78, 5) is 1.83. The van der Waals surface area contributed by atoms with Crippen molar-refractivity contribution in [1.82, 2.24) is 10.2 Å². The molecule has 1 unspecified atom stereocenters. The van der Waals surface area contributed by atoms with Crippen molar-refractivity contribution in [3.63, 3.8) is 0 Å². The largest absolute Gasteiger partial charge is 0.468 e. The molecule has 1 fully saturated rings. The van der Waals surface area contributed by atoms with Gasteiger partial charge in [-0.1, -0.05) is 13.8 Å². The van der Waals surface area contributed by atoms with Gasteiger partial charge in [0.1, 0.15) is 5.76 Å². The van der Waals surface area contributed by atoms with Crippen molar-refractivity contribution in [2.45, 2.75) is 52.0 Å². The van der Waals surface area contributed by atoms with E-state index in [0.717, 1.165) is 11.3 Å². The quantitative estimate of drug-likeness (QED) is 0.902. The first-order valence-electron chi connectivity index (χ1n) is 7.43. The third-order valence-corrected chi connectivity index (χ3v) is 3.77. The Bertz CT molecular complexity index is 442. The highest BCUT2D eigenvalue weighted by Crippen LogP contribution is 2.33. The van der Waals surface area contributed by atoms with Crippen LogP contribution in [0.15, 0.2) is 16.7 Å². The minimum atomic E-state index is -4.09. The van der Waals surface area contributed by atoms with Gasteiger partial charge in [-0.2, -0.15) is 13.2 Å². The zero-order valence-corrected chi connectivity index (χ0v) is 12.5. The standard InChI is InChI=1S/C15H23F3N2O/c1-11(2)19-7-12-6-14(21-10-12)9-20-5-3-4-13(8-20)15(16,17)18/h6,10-11,13,19H,3-5,7-9H2,1-2H3. The third kappa shape index (κ3) is 5.04. The van der Waals surface area contributed by atoms with Crippen LogP contribution in [-0.4, -0.2) is 30.2 Å². The average molecular weight is 304 g/mol. The maximum Gasteiger partial charge on any atom is 0.393 e. The highest BCUT2D eigenvalue weighted by molar-refractivity contribution is 5.12. The number of furan rings is 1. The lowest BCUT2D eigenvalue weighted by Gasteiger charge is -2.33. The lowest BCUT2D eigenvalue weighted by molar-refractivity contribution is -0.187. The van der Waals surface area contributed by atoms with Crippen molar-refractivity contribution in [3.8, 4) is 0 Å². The Hall–Kier alpha value is -1.01. The number of nitrogens with one attached hydrogen (secondary N) is 1. The second-order valence-electron chi connectivity index (χ2n) is 6.07. The van der Waals surface area contributed by atoms with E-state index in [4.69, 9.17) is 4.42 Å². The predicted octanol–water partition coefficient (Wildman–Crippen LogP) is 3.55. The van der Waals surface area contributed by atoms with Crippen LogP contribution in [0.5, 0.6) is 0 Å². The van der Waals surface area contributed by atoms with E-state index in [2.05, 4.69) is 19.2 Å². The van der Waals surface area contributed by atoms with Crippen molar-refractivity contribution in [2.75, 3.05) is 13.1 Å². The summed E-state index contributed by atoms with van der Waals surface area (Å²) in [5.41, 5.74) is 1.03. The molecule has 2 heterocycles. The van der Waals surface area contributed by atoms with Gasteiger partial charge in [0.25, 0.3) is 0 Å². The van der Waals surface area contributed by atoms with E-state index < -0.39 is 12.1 Å². The maximum atomic E-state index is 12.8. The van der Waals surface area contributed by atoms with Gasteiger partial charge >= 0.3 is 6.18 Å². The molecule has 0 radical (unpaired) electrons. The summed E-state index contributed by atoms with van der Waals surface area (Å²) in [5, 5.41) is 3.28. The first-order chi connectivity index (χ1) is 9.84. The molecule has 1 aromatic rings. The molecule has 1 atom stereocenters. The van der Waals surface area contributed by atoms with Crippen molar-refractivity contribution >= 4 is 0 Å². The number of rotatable bonds is 5. The van der Waals surface area contributed by atoms with Crippen LogP contribution in [0.2, 0.25) is 0 Å². The van der Waals surface area contributed by atoms with Gasteiger partial charge in [0.05, 0.1) is 18.7 Å². The number of alkyl halides is 3. The fourth-order valence-corrected chi connectivity index (χ4v) is 2.61. The monoisotopic (exact) mass is 304 g/mol. The fraction of sp³-hybridized carbons (Fsp3) is 0.733. The summed E-state index contributed by atoms with van der Waals surface area (Å²) >= 11 is 0. The predicted molar refractivity (Wildman–Crippen MR) is 74.7 cm³/mol. The molecule has 21 heavy (non-hydrogen) atoms. The highest BCUT2D eigenvalue weighted by atomic mass is 19.4. The lowest BCUT2D eigenvalue weighted by atomic mass is 9.97. The SMILES string of the molecule is CC(C)NCc1coc(CN2CCCC(C(F)(F)F)C2)c1. The van der Waals surface area contributed by atoms with Gasteiger partial charge in [-0.25, -0.2) is 0 Å². The number of likely N-dealkylation sites (tertiary alicyclic amines) is 1. The minimum Gasteiger partial charge on any atom is -0.468 e. The molecule has 120 valence electrons. The van der Waals surface area contributed by atoms with Gasteiger partial charge in [-0.15, -0.1) is 0 Å². The summed E-state index contributed by atoms with van der Waals surface area (Å²) in [5.74, 6) is -0.471. The number of hydrogen-bond donors (Lipinski definition) is 1. The molecular weight excluding hydrogens is 281 g/mol. The topological polar surface area (TPSA) is 28.4 Å². The third-order valence-electron chi connectivity index (χ3n) is 3.77.